The average molecular weight is 460 g/mol. The van der Waals surface area contributed by atoms with Gasteiger partial charge in [-0.05, 0) is 56.2 Å². The van der Waals surface area contributed by atoms with Crippen LogP contribution in [0.15, 0.2) is 48.8 Å². The summed E-state index contributed by atoms with van der Waals surface area (Å²) in [6.07, 6.45) is -1.88. The van der Waals surface area contributed by atoms with Gasteiger partial charge in [-0.15, -0.1) is 0 Å². The van der Waals surface area contributed by atoms with Crippen LogP contribution in [0.5, 0.6) is 0 Å². The quantitative estimate of drug-likeness (QED) is 0.589. The van der Waals surface area contributed by atoms with E-state index in [1.807, 2.05) is 13.0 Å². The number of hydrogen-bond donors (Lipinski definition) is 2. The molecule has 0 unspecified atom stereocenters. The number of hydrogen-bond acceptors (Lipinski definition) is 7. The van der Waals surface area contributed by atoms with Crippen molar-refractivity contribution in [3.8, 4) is 11.1 Å². The van der Waals surface area contributed by atoms with Gasteiger partial charge >= 0.3 is 6.18 Å². The second-order valence-electron chi connectivity index (χ2n) is 8.42. The molecule has 0 radical (unpaired) electrons. The lowest BCUT2D eigenvalue weighted by molar-refractivity contribution is -0.305. The molecule has 0 saturated carbocycles. The first kappa shape index (κ1) is 23.1. The fourth-order valence-electron chi connectivity index (χ4n) is 3.39. The molecule has 0 aliphatic carbocycles. The Labute approximate surface area is 188 Å². The number of alkyl halides is 3. The lowest BCUT2D eigenvalue weighted by Gasteiger charge is -2.39. The van der Waals surface area contributed by atoms with Crippen LogP contribution in [0.25, 0.3) is 11.1 Å². The van der Waals surface area contributed by atoms with Gasteiger partial charge in [0.1, 0.15) is 5.69 Å². The van der Waals surface area contributed by atoms with Gasteiger partial charge in [0.15, 0.2) is 11.4 Å². The molecule has 0 bridgehead atoms. The summed E-state index contributed by atoms with van der Waals surface area (Å²) in [7, 11) is 0. The Morgan fingerprint density at radius 3 is 2.36 bits per heavy atom. The molecule has 2 N–H and O–H groups in total. The number of rotatable bonds is 4. The largest absolute Gasteiger partial charge is 0.433 e. The van der Waals surface area contributed by atoms with Crippen molar-refractivity contribution in [2.75, 3.05) is 18.5 Å². The van der Waals surface area contributed by atoms with Crippen molar-refractivity contribution in [1.29, 1.82) is 0 Å². The molecular weight excluding hydrogens is 437 g/mol. The molecule has 1 aliphatic heterocycles. The molecule has 1 fully saturated rings. The lowest BCUT2D eigenvalue weighted by Crippen LogP contribution is -2.49. The summed E-state index contributed by atoms with van der Waals surface area (Å²) in [6, 6.07) is 9.77. The van der Waals surface area contributed by atoms with Crippen molar-refractivity contribution in [3.05, 3.63) is 65.7 Å². The van der Waals surface area contributed by atoms with Crippen molar-refractivity contribution >= 4 is 11.6 Å². The zero-order chi connectivity index (χ0) is 23.9. The maximum atomic E-state index is 12.9. The van der Waals surface area contributed by atoms with Crippen LogP contribution in [0.2, 0.25) is 0 Å². The number of nitrogens with zero attached hydrogens (tertiary/aromatic N) is 3. The maximum Gasteiger partial charge on any atom is 0.433 e. The molecule has 10 heteroatoms. The fourth-order valence-corrected chi connectivity index (χ4v) is 3.39. The van der Waals surface area contributed by atoms with E-state index in [0.29, 0.717) is 11.4 Å². The summed E-state index contributed by atoms with van der Waals surface area (Å²) in [4.78, 5) is 11.8. The van der Waals surface area contributed by atoms with Crippen molar-refractivity contribution in [3.63, 3.8) is 0 Å². The van der Waals surface area contributed by atoms with Gasteiger partial charge < -0.3 is 19.9 Å². The molecule has 7 nitrogen and oxygen atoms in total. The molecule has 2 aromatic heterocycles. The number of anilines is 2. The fraction of sp³-hybridized carbons (Fsp3) is 0.348. The predicted molar refractivity (Wildman–Crippen MR) is 115 cm³/mol. The highest BCUT2D eigenvalue weighted by atomic mass is 19.4. The number of aryl methyl sites for hydroxylation is 1. The van der Waals surface area contributed by atoms with Crippen LogP contribution < -0.4 is 5.32 Å². The van der Waals surface area contributed by atoms with Crippen LogP contribution in [0.1, 0.15) is 30.8 Å². The van der Waals surface area contributed by atoms with Crippen molar-refractivity contribution in [2.24, 2.45) is 0 Å². The minimum Gasteiger partial charge on any atom is -0.379 e. The summed E-state index contributed by atoms with van der Waals surface area (Å²) in [5, 5.41) is 13.7. The van der Waals surface area contributed by atoms with Gasteiger partial charge in [-0.1, -0.05) is 12.1 Å². The van der Waals surface area contributed by atoms with E-state index < -0.39 is 23.3 Å². The number of halogens is 3. The summed E-state index contributed by atoms with van der Waals surface area (Å²) in [5.41, 5.74) is 0.998. The zero-order valence-corrected chi connectivity index (χ0v) is 18.3. The van der Waals surface area contributed by atoms with E-state index in [1.165, 1.54) is 0 Å². The Balaban J connectivity index is 1.56. The highest BCUT2D eigenvalue weighted by Crippen LogP contribution is 2.32. The molecule has 3 aromatic rings. The van der Waals surface area contributed by atoms with E-state index in [1.54, 1.807) is 44.3 Å². The standard InChI is InChI=1S/C23H23F3N4O3/c1-14-8-16(10-17(9-14)29-20-27-7-6-19(30-20)23(24,25)26)15-4-5-18(28-11-15)22(31)12-32-21(2,3)33-13-22/h4-11,31H,12-13H2,1-3H3,(H,27,29,30). The second kappa shape index (κ2) is 8.36. The predicted octanol–water partition coefficient (Wildman–Crippen LogP) is 4.58. The Morgan fingerprint density at radius 1 is 1.00 bits per heavy atom. The van der Waals surface area contributed by atoms with Crippen LogP contribution in [-0.4, -0.2) is 39.1 Å². The highest BCUT2D eigenvalue weighted by molar-refractivity contribution is 5.70. The summed E-state index contributed by atoms with van der Waals surface area (Å²) in [5.74, 6) is -0.919. The minimum absolute atomic E-state index is 0.0574. The van der Waals surface area contributed by atoms with Gasteiger partial charge in [0.2, 0.25) is 5.95 Å². The third-order valence-corrected chi connectivity index (χ3v) is 5.17. The van der Waals surface area contributed by atoms with Gasteiger partial charge in [0.25, 0.3) is 0 Å². The van der Waals surface area contributed by atoms with E-state index in [-0.39, 0.29) is 19.2 Å². The number of nitrogens with one attached hydrogen (secondary N) is 1. The Hall–Kier alpha value is -3.08. The Kier molecular flexibility index (Phi) is 5.85. The van der Waals surface area contributed by atoms with E-state index in [0.717, 1.165) is 29.0 Å². The van der Waals surface area contributed by atoms with Crippen LogP contribution in [-0.2, 0) is 21.3 Å². The normalized spacial score (nSPS) is 17.5. The molecule has 1 aromatic carbocycles. The summed E-state index contributed by atoms with van der Waals surface area (Å²) in [6.45, 7) is 5.53. The molecule has 33 heavy (non-hydrogen) atoms. The molecular formula is C23H23F3N4O3. The number of benzene rings is 1. The third-order valence-electron chi connectivity index (χ3n) is 5.17. The summed E-state index contributed by atoms with van der Waals surface area (Å²) < 4.78 is 49.9. The number of aliphatic hydroxyl groups is 1. The zero-order valence-electron chi connectivity index (χ0n) is 18.3. The molecule has 174 valence electrons. The summed E-state index contributed by atoms with van der Waals surface area (Å²) >= 11 is 0. The number of aromatic nitrogens is 3. The molecule has 4 rings (SSSR count). The smallest absolute Gasteiger partial charge is 0.379 e. The van der Waals surface area contributed by atoms with E-state index >= 15 is 0 Å². The maximum absolute atomic E-state index is 12.9. The third kappa shape index (κ3) is 5.29. The van der Waals surface area contributed by atoms with E-state index in [9.17, 15) is 18.3 Å². The number of pyridine rings is 1. The Morgan fingerprint density at radius 2 is 1.73 bits per heavy atom. The monoisotopic (exact) mass is 460 g/mol. The van der Waals surface area contributed by atoms with E-state index in [4.69, 9.17) is 9.47 Å². The van der Waals surface area contributed by atoms with Crippen LogP contribution in [0.3, 0.4) is 0 Å². The van der Waals surface area contributed by atoms with Crippen LogP contribution >= 0.6 is 0 Å². The molecule has 3 heterocycles. The SMILES string of the molecule is Cc1cc(Nc2nccc(C(F)(F)F)n2)cc(-c2ccc(C3(O)COC(C)(C)OC3)nc2)c1. The highest BCUT2D eigenvalue weighted by Gasteiger charge is 2.40. The molecule has 1 saturated heterocycles. The first-order chi connectivity index (χ1) is 15.4. The minimum atomic E-state index is -4.56. The van der Waals surface area contributed by atoms with Crippen LogP contribution in [0.4, 0.5) is 24.8 Å². The topological polar surface area (TPSA) is 89.4 Å². The second-order valence-corrected chi connectivity index (χ2v) is 8.42. The molecule has 1 aliphatic rings. The van der Waals surface area contributed by atoms with Crippen LogP contribution in [0, 0.1) is 6.92 Å². The van der Waals surface area contributed by atoms with Gasteiger partial charge in [0.05, 0.1) is 18.9 Å². The molecule has 0 spiro atoms. The van der Waals surface area contributed by atoms with Gasteiger partial charge in [-0.25, -0.2) is 9.97 Å². The first-order valence-electron chi connectivity index (χ1n) is 10.2. The van der Waals surface area contributed by atoms with Crippen molar-refractivity contribution < 1.29 is 27.8 Å². The van der Waals surface area contributed by atoms with Gasteiger partial charge in [-0.2, -0.15) is 13.2 Å². The van der Waals surface area contributed by atoms with E-state index in [2.05, 4.69) is 20.3 Å². The Bertz CT molecular complexity index is 1140. The molecule has 0 atom stereocenters. The molecule has 0 amide bonds. The van der Waals surface area contributed by atoms with Gasteiger partial charge in [-0.3, -0.25) is 4.98 Å². The van der Waals surface area contributed by atoms with Crippen molar-refractivity contribution in [2.45, 2.75) is 38.3 Å². The van der Waals surface area contributed by atoms with Gasteiger partial charge in [0, 0.05) is 23.6 Å². The number of ether oxygens (including phenoxy) is 2. The lowest BCUT2D eigenvalue weighted by atomic mass is 9.97. The first-order valence-corrected chi connectivity index (χ1v) is 10.2. The van der Waals surface area contributed by atoms with Crippen molar-refractivity contribution in [1.82, 2.24) is 15.0 Å². The average Bonchev–Trinajstić information content (AvgIpc) is 2.75.